The van der Waals surface area contributed by atoms with Gasteiger partial charge in [-0.2, -0.15) is 0 Å². The van der Waals surface area contributed by atoms with Crippen molar-refractivity contribution in [2.75, 3.05) is 16.9 Å². The summed E-state index contributed by atoms with van der Waals surface area (Å²) in [5.41, 5.74) is 2.17. The largest absolute Gasteiger partial charge is 0.335 e. The SMILES string of the molecule is CC[C@@H](C)c1ccccc1NC(=O)CSc1nnc(-c2ccccc2F)n1N. The van der Waals surface area contributed by atoms with Gasteiger partial charge in [0.25, 0.3) is 0 Å². The number of nitrogens with two attached hydrogens (primary N) is 1. The van der Waals surface area contributed by atoms with Crippen LogP contribution >= 0.6 is 11.8 Å². The zero-order valence-corrected chi connectivity index (χ0v) is 16.5. The third-order valence-corrected chi connectivity index (χ3v) is 5.43. The second-order valence-corrected chi connectivity index (χ2v) is 7.33. The van der Waals surface area contributed by atoms with Crippen molar-refractivity contribution in [3.63, 3.8) is 0 Å². The number of carbonyl (C=O) groups excluding carboxylic acids is 1. The molecule has 3 aromatic rings. The molecule has 0 aliphatic rings. The van der Waals surface area contributed by atoms with Gasteiger partial charge in [0, 0.05) is 5.69 Å². The number of benzene rings is 2. The zero-order valence-electron chi connectivity index (χ0n) is 15.7. The first kappa shape index (κ1) is 19.9. The molecule has 1 amide bonds. The molecule has 1 heterocycles. The molecule has 0 unspecified atom stereocenters. The van der Waals surface area contributed by atoms with E-state index in [4.69, 9.17) is 5.84 Å². The number of nitrogen functional groups attached to an aromatic ring is 1. The number of hydrogen-bond acceptors (Lipinski definition) is 5. The first-order valence-corrected chi connectivity index (χ1v) is 9.96. The van der Waals surface area contributed by atoms with E-state index in [1.54, 1.807) is 18.2 Å². The molecule has 8 heteroatoms. The normalized spacial score (nSPS) is 12.0. The minimum atomic E-state index is -0.433. The van der Waals surface area contributed by atoms with Crippen molar-refractivity contribution in [3.05, 3.63) is 59.9 Å². The molecule has 0 saturated carbocycles. The van der Waals surface area contributed by atoms with Gasteiger partial charge < -0.3 is 11.2 Å². The average Bonchev–Trinajstić information content (AvgIpc) is 3.07. The average molecular weight is 399 g/mol. The Morgan fingerprint density at radius 2 is 1.93 bits per heavy atom. The second kappa shape index (κ2) is 8.88. The Morgan fingerprint density at radius 3 is 2.68 bits per heavy atom. The monoisotopic (exact) mass is 399 g/mol. The highest BCUT2D eigenvalue weighted by atomic mass is 32.2. The van der Waals surface area contributed by atoms with Gasteiger partial charge in [-0.05, 0) is 36.1 Å². The summed E-state index contributed by atoms with van der Waals surface area (Å²) in [7, 11) is 0. The van der Waals surface area contributed by atoms with E-state index in [0.717, 1.165) is 29.4 Å². The predicted octanol–water partition coefficient (Wildman–Crippen LogP) is 4.04. The number of anilines is 1. The number of halogens is 1. The summed E-state index contributed by atoms with van der Waals surface area (Å²) < 4.78 is 15.1. The summed E-state index contributed by atoms with van der Waals surface area (Å²) in [6, 6.07) is 14.0. The highest BCUT2D eigenvalue weighted by Gasteiger charge is 2.17. The van der Waals surface area contributed by atoms with E-state index in [2.05, 4.69) is 29.4 Å². The van der Waals surface area contributed by atoms with Crippen LogP contribution in [0, 0.1) is 5.82 Å². The number of carbonyl (C=O) groups is 1. The quantitative estimate of drug-likeness (QED) is 0.463. The summed E-state index contributed by atoms with van der Waals surface area (Å²) in [5.74, 6) is 6.06. The molecule has 0 fully saturated rings. The molecule has 0 aliphatic heterocycles. The standard InChI is InChI=1S/C20H22FN5OS/c1-3-13(2)14-8-5-7-11-17(14)23-18(27)12-28-20-25-24-19(26(20)22)15-9-4-6-10-16(15)21/h4-11,13H,3,12,22H2,1-2H3,(H,23,27)/t13-/m1/s1. The van der Waals surface area contributed by atoms with E-state index in [0.29, 0.717) is 11.1 Å². The lowest BCUT2D eigenvalue weighted by atomic mass is 9.97. The smallest absolute Gasteiger partial charge is 0.234 e. The Bertz CT molecular complexity index is 975. The van der Waals surface area contributed by atoms with Gasteiger partial charge >= 0.3 is 0 Å². The maximum absolute atomic E-state index is 13.9. The van der Waals surface area contributed by atoms with Crippen LogP contribution < -0.4 is 11.2 Å². The number of hydrogen-bond donors (Lipinski definition) is 2. The number of rotatable bonds is 7. The fourth-order valence-electron chi connectivity index (χ4n) is 2.78. The van der Waals surface area contributed by atoms with E-state index in [9.17, 15) is 9.18 Å². The van der Waals surface area contributed by atoms with Crippen LogP contribution in [0.2, 0.25) is 0 Å². The minimum absolute atomic E-state index is 0.113. The lowest BCUT2D eigenvalue weighted by Gasteiger charge is -2.15. The maximum atomic E-state index is 13.9. The first-order valence-electron chi connectivity index (χ1n) is 8.98. The van der Waals surface area contributed by atoms with Crippen LogP contribution in [0.25, 0.3) is 11.4 Å². The first-order chi connectivity index (χ1) is 13.5. The summed E-state index contributed by atoms with van der Waals surface area (Å²) in [4.78, 5) is 12.4. The summed E-state index contributed by atoms with van der Waals surface area (Å²) >= 11 is 1.15. The summed E-state index contributed by atoms with van der Waals surface area (Å²) in [6.07, 6.45) is 0.983. The van der Waals surface area contributed by atoms with Gasteiger partial charge in [0.05, 0.1) is 11.3 Å². The van der Waals surface area contributed by atoms with E-state index in [1.807, 2.05) is 24.3 Å². The number of para-hydroxylation sites is 1. The molecule has 1 atom stereocenters. The molecule has 3 rings (SSSR count). The van der Waals surface area contributed by atoms with Gasteiger partial charge in [-0.25, -0.2) is 9.07 Å². The van der Waals surface area contributed by atoms with Gasteiger partial charge in [-0.1, -0.05) is 55.9 Å². The van der Waals surface area contributed by atoms with Gasteiger partial charge in [0.2, 0.25) is 11.1 Å². The summed E-state index contributed by atoms with van der Waals surface area (Å²) in [6.45, 7) is 4.24. The van der Waals surface area contributed by atoms with Crippen molar-refractivity contribution in [1.29, 1.82) is 0 Å². The Kier molecular flexibility index (Phi) is 6.30. The van der Waals surface area contributed by atoms with Crippen LogP contribution in [-0.2, 0) is 4.79 Å². The lowest BCUT2D eigenvalue weighted by molar-refractivity contribution is -0.113. The molecule has 0 saturated heterocycles. The third-order valence-electron chi connectivity index (χ3n) is 4.49. The number of nitrogens with one attached hydrogen (secondary N) is 1. The van der Waals surface area contributed by atoms with Gasteiger partial charge in [0.1, 0.15) is 5.82 Å². The van der Waals surface area contributed by atoms with Crippen molar-refractivity contribution in [2.24, 2.45) is 0 Å². The predicted molar refractivity (Wildman–Crippen MR) is 110 cm³/mol. The van der Waals surface area contributed by atoms with Crippen LogP contribution in [-0.4, -0.2) is 26.5 Å². The zero-order chi connectivity index (χ0) is 20.1. The van der Waals surface area contributed by atoms with Gasteiger partial charge in [-0.15, -0.1) is 10.2 Å². The molecule has 6 nitrogen and oxygen atoms in total. The fourth-order valence-corrected chi connectivity index (χ4v) is 3.44. The highest BCUT2D eigenvalue weighted by Crippen LogP contribution is 2.27. The molecule has 0 radical (unpaired) electrons. The number of nitrogens with zero attached hydrogens (tertiary/aromatic N) is 3. The third kappa shape index (κ3) is 4.33. The van der Waals surface area contributed by atoms with E-state index < -0.39 is 5.82 Å². The number of amides is 1. The van der Waals surface area contributed by atoms with E-state index in [1.165, 1.54) is 10.7 Å². The van der Waals surface area contributed by atoms with Crippen molar-refractivity contribution in [1.82, 2.24) is 14.9 Å². The van der Waals surface area contributed by atoms with Crippen LogP contribution in [0.1, 0.15) is 31.7 Å². The lowest BCUT2D eigenvalue weighted by Crippen LogP contribution is -2.17. The molecular weight excluding hydrogens is 377 g/mol. The Morgan fingerprint density at radius 1 is 1.21 bits per heavy atom. The van der Waals surface area contributed by atoms with Crippen LogP contribution in [0.4, 0.5) is 10.1 Å². The van der Waals surface area contributed by atoms with E-state index in [-0.39, 0.29) is 23.0 Å². The molecule has 0 spiro atoms. The maximum Gasteiger partial charge on any atom is 0.234 e. The van der Waals surface area contributed by atoms with E-state index >= 15 is 0 Å². The van der Waals surface area contributed by atoms with Crippen molar-refractivity contribution in [3.8, 4) is 11.4 Å². The second-order valence-electron chi connectivity index (χ2n) is 6.39. The molecule has 3 N–H and O–H groups in total. The van der Waals surface area contributed by atoms with Crippen LogP contribution in [0.3, 0.4) is 0 Å². The molecule has 0 aliphatic carbocycles. The Balaban J connectivity index is 1.67. The topological polar surface area (TPSA) is 85.8 Å². The Labute approximate surface area is 167 Å². The molecular formula is C20H22FN5OS. The minimum Gasteiger partial charge on any atom is -0.335 e. The molecule has 28 heavy (non-hydrogen) atoms. The number of thioether (sulfide) groups is 1. The summed E-state index contributed by atoms with van der Waals surface area (Å²) in [5, 5.41) is 11.2. The molecule has 1 aromatic heterocycles. The van der Waals surface area contributed by atoms with Crippen molar-refractivity contribution in [2.45, 2.75) is 31.3 Å². The fraction of sp³-hybridized carbons (Fsp3) is 0.250. The van der Waals surface area contributed by atoms with Gasteiger partial charge in [0.15, 0.2) is 5.82 Å². The van der Waals surface area contributed by atoms with Crippen molar-refractivity contribution < 1.29 is 9.18 Å². The van der Waals surface area contributed by atoms with Crippen LogP contribution in [0.5, 0.6) is 0 Å². The van der Waals surface area contributed by atoms with Crippen LogP contribution in [0.15, 0.2) is 53.7 Å². The number of aromatic nitrogens is 3. The molecule has 0 bridgehead atoms. The van der Waals surface area contributed by atoms with Crippen molar-refractivity contribution >= 4 is 23.4 Å². The Hall–Kier alpha value is -2.87. The molecule has 2 aromatic carbocycles. The highest BCUT2D eigenvalue weighted by molar-refractivity contribution is 7.99. The molecule has 146 valence electrons. The van der Waals surface area contributed by atoms with Gasteiger partial charge in [-0.3, -0.25) is 4.79 Å².